The highest BCUT2D eigenvalue weighted by molar-refractivity contribution is 5.83. The van der Waals surface area contributed by atoms with Crippen molar-refractivity contribution in [3.63, 3.8) is 0 Å². The normalized spacial score (nSPS) is 32.1. The molecule has 2 bridgehead atoms. The number of hydrogen-bond acceptors (Lipinski definition) is 3. The summed E-state index contributed by atoms with van der Waals surface area (Å²) in [5, 5.41) is 0. The standard InChI is InChI=1S/C15H24N2O3/c1-16-13-4-2-3-12(14(16)18)9-17(10-13)15(19)11-5-7-20-8-6-11/h11-13H,2-10H2,1H3/t12-,13+/m1/s1. The monoisotopic (exact) mass is 280 g/mol. The summed E-state index contributed by atoms with van der Waals surface area (Å²) in [6, 6.07) is 0.207. The van der Waals surface area contributed by atoms with Crippen molar-refractivity contribution in [1.82, 2.24) is 9.80 Å². The summed E-state index contributed by atoms with van der Waals surface area (Å²) >= 11 is 0. The van der Waals surface area contributed by atoms with E-state index in [0.29, 0.717) is 19.8 Å². The molecular weight excluding hydrogens is 256 g/mol. The number of hydrogen-bond donors (Lipinski definition) is 0. The lowest BCUT2D eigenvalue weighted by Crippen LogP contribution is -2.45. The average molecular weight is 280 g/mol. The van der Waals surface area contributed by atoms with E-state index >= 15 is 0 Å². The third-order valence-electron chi connectivity index (χ3n) is 5.09. The molecule has 2 atom stereocenters. The van der Waals surface area contributed by atoms with Gasteiger partial charge in [-0.1, -0.05) is 6.42 Å². The fourth-order valence-corrected chi connectivity index (χ4v) is 3.75. The molecule has 0 unspecified atom stereocenters. The van der Waals surface area contributed by atoms with Crippen molar-refractivity contribution in [1.29, 1.82) is 0 Å². The summed E-state index contributed by atoms with van der Waals surface area (Å²) in [5.41, 5.74) is 0. The fourth-order valence-electron chi connectivity index (χ4n) is 3.75. The van der Waals surface area contributed by atoms with Crippen LogP contribution in [-0.2, 0) is 14.3 Å². The van der Waals surface area contributed by atoms with E-state index in [9.17, 15) is 9.59 Å². The van der Waals surface area contributed by atoms with Gasteiger partial charge in [0.15, 0.2) is 0 Å². The maximum Gasteiger partial charge on any atom is 0.227 e. The van der Waals surface area contributed by atoms with Gasteiger partial charge in [0, 0.05) is 45.3 Å². The van der Waals surface area contributed by atoms with E-state index in [1.54, 1.807) is 0 Å². The Morgan fingerprint density at radius 1 is 1.15 bits per heavy atom. The minimum absolute atomic E-state index is 0.0105. The number of likely N-dealkylation sites (N-methyl/N-ethyl adjacent to an activating group) is 1. The maximum atomic E-state index is 12.7. The molecule has 3 rings (SSSR count). The Morgan fingerprint density at radius 2 is 1.90 bits per heavy atom. The third-order valence-corrected chi connectivity index (χ3v) is 5.09. The molecular formula is C15H24N2O3. The Bertz CT molecular complexity index is 393. The van der Waals surface area contributed by atoms with Crippen molar-refractivity contribution in [2.45, 2.75) is 38.1 Å². The van der Waals surface area contributed by atoms with Crippen LogP contribution in [0.4, 0.5) is 0 Å². The first-order valence-electron chi connectivity index (χ1n) is 7.80. The molecule has 3 aliphatic rings. The van der Waals surface area contributed by atoms with Gasteiger partial charge in [-0.05, 0) is 25.7 Å². The quantitative estimate of drug-likeness (QED) is 0.716. The van der Waals surface area contributed by atoms with Crippen LogP contribution < -0.4 is 0 Å². The molecule has 0 radical (unpaired) electrons. The number of carbonyl (C=O) groups is 2. The summed E-state index contributed by atoms with van der Waals surface area (Å²) in [6.45, 7) is 2.72. The van der Waals surface area contributed by atoms with E-state index in [4.69, 9.17) is 4.74 Å². The van der Waals surface area contributed by atoms with Crippen LogP contribution in [0.25, 0.3) is 0 Å². The van der Waals surface area contributed by atoms with Crippen LogP contribution in [0.3, 0.4) is 0 Å². The smallest absolute Gasteiger partial charge is 0.227 e. The summed E-state index contributed by atoms with van der Waals surface area (Å²) in [5.74, 6) is 0.586. The van der Waals surface area contributed by atoms with Crippen molar-refractivity contribution in [3.05, 3.63) is 0 Å². The van der Waals surface area contributed by atoms with Crippen LogP contribution in [0, 0.1) is 11.8 Å². The van der Waals surface area contributed by atoms with E-state index in [1.165, 1.54) is 0 Å². The van der Waals surface area contributed by atoms with E-state index < -0.39 is 0 Å². The molecule has 3 saturated heterocycles. The Labute approximate surface area is 120 Å². The molecule has 3 fully saturated rings. The number of nitrogens with zero attached hydrogens (tertiary/aromatic N) is 2. The van der Waals surface area contributed by atoms with Crippen molar-refractivity contribution >= 4 is 11.8 Å². The van der Waals surface area contributed by atoms with Gasteiger partial charge in [0.05, 0.1) is 5.92 Å². The highest BCUT2D eigenvalue weighted by Gasteiger charge is 2.39. The van der Waals surface area contributed by atoms with Crippen molar-refractivity contribution in [3.8, 4) is 0 Å². The van der Waals surface area contributed by atoms with Crippen LogP contribution in [-0.4, -0.2) is 61.0 Å². The largest absolute Gasteiger partial charge is 0.381 e. The summed E-state index contributed by atoms with van der Waals surface area (Å²) in [4.78, 5) is 28.9. The lowest BCUT2D eigenvalue weighted by atomic mass is 9.95. The molecule has 3 aliphatic heterocycles. The first kappa shape index (κ1) is 13.9. The molecule has 2 amide bonds. The molecule has 0 aromatic heterocycles. The summed E-state index contributed by atoms with van der Waals surface area (Å²) in [6.07, 6.45) is 4.71. The highest BCUT2D eigenvalue weighted by atomic mass is 16.5. The average Bonchev–Trinajstić information content (AvgIpc) is 2.65. The van der Waals surface area contributed by atoms with Gasteiger partial charge in [-0.25, -0.2) is 0 Å². The zero-order valence-corrected chi connectivity index (χ0v) is 12.2. The third kappa shape index (κ3) is 2.55. The highest BCUT2D eigenvalue weighted by Crippen LogP contribution is 2.28. The molecule has 0 N–H and O–H groups in total. The molecule has 3 heterocycles. The minimum atomic E-state index is 0.0105. The summed E-state index contributed by atoms with van der Waals surface area (Å²) < 4.78 is 5.34. The van der Waals surface area contributed by atoms with Gasteiger partial charge in [0.25, 0.3) is 0 Å². The van der Waals surface area contributed by atoms with Crippen LogP contribution >= 0.6 is 0 Å². The van der Waals surface area contributed by atoms with Gasteiger partial charge in [0.2, 0.25) is 11.8 Å². The van der Waals surface area contributed by atoms with E-state index in [1.807, 2.05) is 16.8 Å². The Morgan fingerprint density at radius 3 is 2.65 bits per heavy atom. The number of likely N-dealkylation sites (tertiary alicyclic amines) is 1. The molecule has 0 aliphatic carbocycles. The molecule has 5 heteroatoms. The van der Waals surface area contributed by atoms with Gasteiger partial charge < -0.3 is 14.5 Å². The number of fused-ring (bicyclic) bond motifs is 3. The second-order valence-electron chi connectivity index (χ2n) is 6.36. The SMILES string of the molecule is CN1C(=O)[C@@H]2CCC[C@H]1CN(C(=O)C1CCOCC1)C2. The topological polar surface area (TPSA) is 49.9 Å². The molecule has 20 heavy (non-hydrogen) atoms. The predicted octanol–water partition coefficient (Wildman–Crippen LogP) is 0.882. The lowest BCUT2D eigenvalue weighted by Gasteiger charge is -2.33. The molecule has 0 saturated carbocycles. The minimum Gasteiger partial charge on any atom is -0.381 e. The molecule has 0 aromatic rings. The van der Waals surface area contributed by atoms with Crippen molar-refractivity contribution in [2.75, 3.05) is 33.4 Å². The van der Waals surface area contributed by atoms with Gasteiger partial charge >= 0.3 is 0 Å². The molecule has 0 spiro atoms. The van der Waals surface area contributed by atoms with E-state index in [-0.39, 0.29) is 29.7 Å². The first-order valence-corrected chi connectivity index (χ1v) is 7.80. The first-order chi connectivity index (χ1) is 9.66. The number of carbonyl (C=O) groups excluding carboxylic acids is 2. The van der Waals surface area contributed by atoms with Crippen LogP contribution in [0.2, 0.25) is 0 Å². The zero-order chi connectivity index (χ0) is 14.1. The second kappa shape index (κ2) is 5.72. The van der Waals surface area contributed by atoms with Crippen molar-refractivity contribution < 1.29 is 14.3 Å². The Balaban J connectivity index is 1.74. The zero-order valence-electron chi connectivity index (χ0n) is 12.2. The molecule has 112 valence electrons. The van der Waals surface area contributed by atoms with Crippen molar-refractivity contribution in [2.24, 2.45) is 11.8 Å². The maximum absolute atomic E-state index is 12.7. The number of ether oxygens (including phenoxy) is 1. The van der Waals surface area contributed by atoms with Gasteiger partial charge in [0.1, 0.15) is 0 Å². The van der Waals surface area contributed by atoms with Crippen LogP contribution in [0.15, 0.2) is 0 Å². The van der Waals surface area contributed by atoms with Gasteiger partial charge in [-0.2, -0.15) is 0 Å². The lowest BCUT2D eigenvalue weighted by molar-refractivity contribution is -0.139. The predicted molar refractivity (Wildman–Crippen MR) is 74.0 cm³/mol. The summed E-state index contributed by atoms with van der Waals surface area (Å²) in [7, 11) is 1.90. The molecule has 5 nitrogen and oxygen atoms in total. The fraction of sp³-hybridized carbons (Fsp3) is 0.867. The van der Waals surface area contributed by atoms with Crippen LogP contribution in [0.5, 0.6) is 0 Å². The number of rotatable bonds is 1. The Kier molecular flexibility index (Phi) is 3.96. The Hall–Kier alpha value is -1.10. The number of amides is 2. The van der Waals surface area contributed by atoms with Gasteiger partial charge in [-0.3, -0.25) is 9.59 Å². The van der Waals surface area contributed by atoms with E-state index in [0.717, 1.165) is 38.6 Å². The van der Waals surface area contributed by atoms with Crippen LogP contribution in [0.1, 0.15) is 32.1 Å². The molecule has 0 aromatic carbocycles. The van der Waals surface area contributed by atoms with E-state index in [2.05, 4.69) is 0 Å². The second-order valence-corrected chi connectivity index (χ2v) is 6.36. The van der Waals surface area contributed by atoms with Gasteiger partial charge in [-0.15, -0.1) is 0 Å².